The topological polar surface area (TPSA) is 38.8 Å². The van der Waals surface area contributed by atoms with Crippen molar-refractivity contribution in [1.29, 1.82) is 0 Å². The lowest BCUT2D eigenvalue weighted by Gasteiger charge is -2.32. The predicted molar refractivity (Wildman–Crippen MR) is 48.8 cm³/mol. The third-order valence-electron chi connectivity index (χ3n) is 2.24. The normalized spacial score (nSPS) is 23.1. The van der Waals surface area contributed by atoms with Crippen molar-refractivity contribution in [2.24, 2.45) is 0 Å². The van der Waals surface area contributed by atoms with Crippen LogP contribution in [0.25, 0.3) is 0 Å². The van der Waals surface area contributed by atoms with Gasteiger partial charge in [0.2, 0.25) is 0 Å². The highest BCUT2D eigenvalue weighted by molar-refractivity contribution is 5.69. The van der Waals surface area contributed by atoms with Crippen molar-refractivity contribution in [2.75, 3.05) is 33.4 Å². The Kier molecular flexibility index (Phi) is 4.90. The van der Waals surface area contributed by atoms with Crippen LogP contribution in [0.2, 0.25) is 0 Å². The van der Waals surface area contributed by atoms with Crippen molar-refractivity contribution in [2.45, 2.75) is 19.0 Å². The zero-order chi connectivity index (χ0) is 11.3. The van der Waals surface area contributed by atoms with Crippen LogP contribution in [0.15, 0.2) is 0 Å². The van der Waals surface area contributed by atoms with Gasteiger partial charge in [0.15, 0.2) is 0 Å². The maximum Gasteiger partial charge on any atom is 0.308 e. The fourth-order valence-electron chi connectivity index (χ4n) is 1.53. The molecule has 0 aromatic rings. The van der Waals surface area contributed by atoms with Gasteiger partial charge in [0, 0.05) is 13.1 Å². The van der Waals surface area contributed by atoms with E-state index < -0.39 is 6.43 Å². The molecule has 1 heterocycles. The molecule has 0 amide bonds. The molecule has 1 rings (SSSR count). The zero-order valence-electron chi connectivity index (χ0n) is 8.62. The van der Waals surface area contributed by atoms with E-state index in [2.05, 4.69) is 4.74 Å². The molecule has 0 aromatic carbocycles. The Morgan fingerprint density at radius 3 is 3.00 bits per heavy atom. The number of halogens is 2. The van der Waals surface area contributed by atoms with Gasteiger partial charge in [-0.1, -0.05) is 0 Å². The lowest BCUT2D eigenvalue weighted by atomic mass is 10.2. The number of carbonyl (C=O) groups is 1. The third kappa shape index (κ3) is 4.53. The van der Waals surface area contributed by atoms with Gasteiger partial charge >= 0.3 is 5.97 Å². The summed E-state index contributed by atoms with van der Waals surface area (Å²) >= 11 is 0. The summed E-state index contributed by atoms with van der Waals surface area (Å²) in [5.41, 5.74) is 0. The highest BCUT2D eigenvalue weighted by Gasteiger charge is 2.24. The van der Waals surface area contributed by atoms with Gasteiger partial charge in [-0.2, -0.15) is 0 Å². The van der Waals surface area contributed by atoms with E-state index in [0.29, 0.717) is 19.7 Å². The molecule has 88 valence electrons. The number of nitrogens with zero attached hydrogens (tertiary/aromatic N) is 1. The Morgan fingerprint density at radius 1 is 1.67 bits per heavy atom. The molecular weight excluding hydrogens is 208 g/mol. The number of methoxy groups -OCH3 is 1. The summed E-state index contributed by atoms with van der Waals surface area (Å²) in [6, 6.07) is 0. The minimum atomic E-state index is -2.35. The second kappa shape index (κ2) is 5.97. The third-order valence-corrected chi connectivity index (χ3v) is 2.24. The van der Waals surface area contributed by atoms with Crippen LogP contribution in [0.3, 0.4) is 0 Å². The molecule has 1 atom stereocenters. The summed E-state index contributed by atoms with van der Waals surface area (Å²) in [6.07, 6.45) is -2.55. The smallest absolute Gasteiger partial charge is 0.308 e. The Morgan fingerprint density at radius 2 is 2.40 bits per heavy atom. The molecule has 6 heteroatoms. The summed E-state index contributed by atoms with van der Waals surface area (Å²) in [4.78, 5) is 12.5. The van der Waals surface area contributed by atoms with Crippen molar-refractivity contribution in [3.8, 4) is 0 Å². The van der Waals surface area contributed by atoms with E-state index in [-0.39, 0.29) is 25.0 Å². The predicted octanol–water partition coefficient (Wildman–Crippen LogP) is 0.515. The van der Waals surface area contributed by atoms with Crippen LogP contribution in [0, 0.1) is 0 Å². The van der Waals surface area contributed by atoms with Gasteiger partial charge in [-0.15, -0.1) is 0 Å². The minimum Gasteiger partial charge on any atom is -0.469 e. The highest BCUT2D eigenvalue weighted by Crippen LogP contribution is 2.10. The van der Waals surface area contributed by atoms with Crippen molar-refractivity contribution in [3.05, 3.63) is 0 Å². The van der Waals surface area contributed by atoms with Crippen molar-refractivity contribution >= 4 is 5.97 Å². The van der Waals surface area contributed by atoms with Gasteiger partial charge < -0.3 is 9.47 Å². The van der Waals surface area contributed by atoms with E-state index in [4.69, 9.17) is 4.74 Å². The maximum atomic E-state index is 12.1. The van der Waals surface area contributed by atoms with Crippen LogP contribution in [-0.4, -0.2) is 56.7 Å². The summed E-state index contributed by atoms with van der Waals surface area (Å²) in [7, 11) is 1.29. The lowest BCUT2D eigenvalue weighted by Crippen LogP contribution is -2.45. The molecule has 1 saturated heterocycles. The molecule has 1 aliphatic rings. The molecule has 1 aliphatic heterocycles. The molecule has 0 aliphatic carbocycles. The first kappa shape index (κ1) is 12.3. The molecule has 1 fully saturated rings. The Bertz CT molecular complexity index is 214. The number of carbonyl (C=O) groups excluding carboxylic acids is 1. The van der Waals surface area contributed by atoms with Crippen LogP contribution in [0.5, 0.6) is 0 Å². The van der Waals surface area contributed by atoms with Crippen LogP contribution < -0.4 is 0 Å². The van der Waals surface area contributed by atoms with Crippen molar-refractivity contribution < 1.29 is 23.0 Å². The summed E-state index contributed by atoms with van der Waals surface area (Å²) < 4.78 is 34.0. The van der Waals surface area contributed by atoms with E-state index in [1.54, 1.807) is 4.90 Å². The molecule has 0 radical (unpaired) electrons. The fraction of sp³-hybridized carbons (Fsp3) is 0.889. The molecule has 0 bridgehead atoms. The van der Waals surface area contributed by atoms with Gasteiger partial charge in [0.05, 0.1) is 32.8 Å². The minimum absolute atomic E-state index is 0.121. The first-order valence-electron chi connectivity index (χ1n) is 4.80. The first-order chi connectivity index (χ1) is 7.11. The number of alkyl halides is 2. The Balaban J connectivity index is 2.32. The lowest BCUT2D eigenvalue weighted by molar-refractivity contribution is -0.146. The fourth-order valence-corrected chi connectivity index (χ4v) is 1.53. The summed E-state index contributed by atoms with van der Waals surface area (Å²) in [6.45, 7) is 0.969. The van der Waals surface area contributed by atoms with E-state index in [1.807, 2.05) is 0 Å². The molecule has 0 aromatic heterocycles. The van der Waals surface area contributed by atoms with Crippen molar-refractivity contribution in [3.63, 3.8) is 0 Å². The molecular formula is C9H15F2NO3. The van der Waals surface area contributed by atoms with E-state index >= 15 is 0 Å². The monoisotopic (exact) mass is 223 g/mol. The Labute approximate surface area is 87.1 Å². The standard InChI is InChI=1S/C9H15F2NO3/c1-14-9(13)4-7-5-12(2-3-15-7)6-8(10)11/h7-8H,2-6H2,1H3. The number of ether oxygens (including phenoxy) is 2. The quantitative estimate of drug-likeness (QED) is 0.651. The van der Waals surface area contributed by atoms with E-state index in [9.17, 15) is 13.6 Å². The molecule has 15 heavy (non-hydrogen) atoms. The Hall–Kier alpha value is -0.750. The maximum absolute atomic E-state index is 12.1. The number of hydrogen-bond donors (Lipinski definition) is 0. The van der Waals surface area contributed by atoms with Crippen LogP contribution >= 0.6 is 0 Å². The molecule has 0 N–H and O–H groups in total. The summed E-state index contributed by atoms with van der Waals surface area (Å²) in [5.74, 6) is -0.376. The van der Waals surface area contributed by atoms with Gasteiger partial charge in [-0.3, -0.25) is 9.69 Å². The van der Waals surface area contributed by atoms with E-state index in [0.717, 1.165) is 0 Å². The molecule has 0 spiro atoms. The number of rotatable bonds is 4. The second-order valence-electron chi connectivity index (χ2n) is 3.42. The SMILES string of the molecule is COC(=O)CC1CN(CC(F)F)CCO1. The van der Waals surface area contributed by atoms with Crippen molar-refractivity contribution in [1.82, 2.24) is 4.90 Å². The summed E-state index contributed by atoms with van der Waals surface area (Å²) in [5, 5.41) is 0. The highest BCUT2D eigenvalue weighted by atomic mass is 19.3. The second-order valence-corrected chi connectivity index (χ2v) is 3.42. The van der Waals surface area contributed by atoms with Gasteiger partial charge in [0.1, 0.15) is 0 Å². The molecule has 4 nitrogen and oxygen atoms in total. The van der Waals surface area contributed by atoms with Crippen LogP contribution in [0.1, 0.15) is 6.42 Å². The number of morpholine rings is 1. The largest absolute Gasteiger partial charge is 0.469 e. The molecule has 0 saturated carbocycles. The average molecular weight is 223 g/mol. The van der Waals surface area contributed by atoms with Gasteiger partial charge in [-0.05, 0) is 0 Å². The molecule has 1 unspecified atom stereocenters. The van der Waals surface area contributed by atoms with Crippen LogP contribution in [-0.2, 0) is 14.3 Å². The number of hydrogen-bond acceptors (Lipinski definition) is 4. The van der Waals surface area contributed by atoms with Gasteiger partial charge in [-0.25, -0.2) is 8.78 Å². The zero-order valence-corrected chi connectivity index (χ0v) is 8.62. The van der Waals surface area contributed by atoms with Crippen LogP contribution in [0.4, 0.5) is 8.78 Å². The van der Waals surface area contributed by atoms with Gasteiger partial charge in [0.25, 0.3) is 6.43 Å². The van der Waals surface area contributed by atoms with E-state index in [1.165, 1.54) is 7.11 Å². The average Bonchev–Trinajstić information content (AvgIpc) is 2.17. The first-order valence-corrected chi connectivity index (χ1v) is 4.80. The number of esters is 1.